The SMILES string of the molecule is CCCCCOc1ccc(C(O)(C(=O)OCCN(CC)CC)c2ccccc2)cc1. The van der Waals surface area contributed by atoms with Crippen molar-refractivity contribution in [2.75, 3.05) is 32.8 Å². The molecule has 0 bridgehead atoms. The molecule has 5 nitrogen and oxygen atoms in total. The lowest BCUT2D eigenvalue weighted by Gasteiger charge is -2.28. The molecule has 0 aliphatic rings. The molecule has 164 valence electrons. The minimum Gasteiger partial charge on any atom is -0.494 e. The van der Waals surface area contributed by atoms with Gasteiger partial charge in [0.1, 0.15) is 12.4 Å². The van der Waals surface area contributed by atoms with Crippen LogP contribution in [0.1, 0.15) is 51.2 Å². The summed E-state index contributed by atoms with van der Waals surface area (Å²) in [6.45, 7) is 9.58. The summed E-state index contributed by atoms with van der Waals surface area (Å²) in [4.78, 5) is 15.2. The topological polar surface area (TPSA) is 59.0 Å². The molecule has 0 aliphatic heterocycles. The predicted octanol–water partition coefficient (Wildman–Crippen LogP) is 4.38. The number of hydrogen-bond acceptors (Lipinski definition) is 5. The standard InChI is InChI=1S/C25H35NO4/c1-4-7-11-19-29-23-16-14-22(15-17-23)25(28,21-12-9-8-10-13-21)24(27)30-20-18-26(5-2)6-3/h8-10,12-17,28H,4-7,11,18-20H2,1-3H3. The predicted molar refractivity (Wildman–Crippen MR) is 120 cm³/mol. The average molecular weight is 414 g/mol. The van der Waals surface area contributed by atoms with Crippen LogP contribution in [0, 0.1) is 0 Å². The van der Waals surface area contributed by atoms with Crippen molar-refractivity contribution in [1.82, 2.24) is 4.90 Å². The van der Waals surface area contributed by atoms with Crippen LogP contribution >= 0.6 is 0 Å². The van der Waals surface area contributed by atoms with E-state index < -0.39 is 11.6 Å². The van der Waals surface area contributed by atoms with Gasteiger partial charge in [-0.3, -0.25) is 0 Å². The number of carbonyl (C=O) groups excluding carboxylic acids is 1. The minimum atomic E-state index is -1.87. The van der Waals surface area contributed by atoms with Gasteiger partial charge in [-0.15, -0.1) is 0 Å². The van der Waals surface area contributed by atoms with Crippen molar-refractivity contribution in [2.45, 2.75) is 45.6 Å². The monoisotopic (exact) mass is 413 g/mol. The van der Waals surface area contributed by atoms with Crippen molar-refractivity contribution in [3.05, 3.63) is 65.7 Å². The first-order valence-corrected chi connectivity index (χ1v) is 11.0. The zero-order chi connectivity index (χ0) is 21.8. The highest BCUT2D eigenvalue weighted by atomic mass is 16.5. The largest absolute Gasteiger partial charge is 0.494 e. The molecule has 0 aliphatic carbocycles. The molecule has 0 fully saturated rings. The zero-order valence-corrected chi connectivity index (χ0v) is 18.5. The molecular weight excluding hydrogens is 378 g/mol. The molecule has 0 saturated carbocycles. The maximum Gasteiger partial charge on any atom is 0.347 e. The van der Waals surface area contributed by atoms with Gasteiger partial charge in [-0.1, -0.05) is 76.1 Å². The van der Waals surface area contributed by atoms with Gasteiger partial charge in [0.05, 0.1) is 6.61 Å². The van der Waals surface area contributed by atoms with Crippen LogP contribution in [0.2, 0.25) is 0 Å². The van der Waals surface area contributed by atoms with Crippen molar-refractivity contribution in [2.24, 2.45) is 0 Å². The Labute approximate surface area is 180 Å². The molecule has 1 unspecified atom stereocenters. The summed E-state index contributed by atoms with van der Waals surface area (Å²) in [7, 11) is 0. The number of likely N-dealkylation sites (N-methyl/N-ethyl adjacent to an activating group) is 1. The number of benzene rings is 2. The van der Waals surface area contributed by atoms with Gasteiger partial charge < -0.3 is 19.5 Å². The Bertz CT molecular complexity index is 744. The lowest BCUT2D eigenvalue weighted by molar-refractivity contribution is -0.162. The summed E-state index contributed by atoms with van der Waals surface area (Å²) in [5, 5.41) is 11.5. The first-order chi connectivity index (χ1) is 14.6. The molecule has 0 saturated heterocycles. The van der Waals surface area contributed by atoms with E-state index in [2.05, 4.69) is 25.7 Å². The molecule has 0 aromatic heterocycles. The summed E-state index contributed by atoms with van der Waals surface area (Å²) in [5.41, 5.74) is -0.928. The fraction of sp³-hybridized carbons (Fsp3) is 0.480. The van der Waals surface area contributed by atoms with Crippen LogP contribution in [-0.4, -0.2) is 48.8 Å². The van der Waals surface area contributed by atoms with Crippen LogP contribution in [0.5, 0.6) is 5.75 Å². The Kier molecular flexibility index (Phi) is 9.84. The number of carbonyl (C=O) groups is 1. The molecule has 1 atom stereocenters. The maximum atomic E-state index is 13.0. The molecule has 0 heterocycles. The second-order valence-corrected chi connectivity index (χ2v) is 7.32. The number of ether oxygens (including phenoxy) is 2. The van der Waals surface area contributed by atoms with E-state index in [4.69, 9.17) is 9.47 Å². The number of nitrogens with zero attached hydrogens (tertiary/aromatic N) is 1. The Morgan fingerprint density at radius 3 is 2.13 bits per heavy atom. The number of aliphatic hydroxyl groups is 1. The van der Waals surface area contributed by atoms with E-state index in [1.807, 2.05) is 6.07 Å². The van der Waals surface area contributed by atoms with E-state index in [1.54, 1.807) is 48.5 Å². The van der Waals surface area contributed by atoms with Crippen LogP contribution in [0.3, 0.4) is 0 Å². The molecule has 5 heteroatoms. The number of unbranched alkanes of at least 4 members (excludes halogenated alkanes) is 2. The second kappa shape index (κ2) is 12.4. The van der Waals surface area contributed by atoms with Crippen LogP contribution in [0.4, 0.5) is 0 Å². The molecule has 30 heavy (non-hydrogen) atoms. The molecule has 0 radical (unpaired) electrons. The van der Waals surface area contributed by atoms with Gasteiger partial charge >= 0.3 is 5.97 Å². The Morgan fingerprint density at radius 2 is 1.53 bits per heavy atom. The lowest BCUT2D eigenvalue weighted by atomic mass is 9.86. The normalized spacial score (nSPS) is 13.1. The van der Waals surface area contributed by atoms with Gasteiger partial charge in [0.25, 0.3) is 0 Å². The quantitative estimate of drug-likeness (QED) is 0.390. The van der Waals surface area contributed by atoms with Crippen molar-refractivity contribution in [1.29, 1.82) is 0 Å². The Balaban J connectivity index is 2.17. The minimum absolute atomic E-state index is 0.230. The van der Waals surface area contributed by atoms with Gasteiger partial charge in [-0.05, 0) is 42.8 Å². The summed E-state index contributed by atoms with van der Waals surface area (Å²) in [6, 6.07) is 16.0. The summed E-state index contributed by atoms with van der Waals surface area (Å²) in [5.74, 6) is 0.0534. The summed E-state index contributed by atoms with van der Waals surface area (Å²) >= 11 is 0. The molecular formula is C25H35NO4. The molecule has 0 amide bonds. The number of rotatable bonds is 13. The first-order valence-electron chi connectivity index (χ1n) is 11.0. The Hall–Kier alpha value is -2.37. The van der Waals surface area contributed by atoms with E-state index in [1.165, 1.54) is 0 Å². The van der Waals surface area contributed by atoms with Crippen molar-refractivity contribution < 1.29 is 19.4 Å². The fourth-order valence-electron chi connectivity index (χ4n) is 3.33. The van der Waals surface area contributed by atoms with E-state index in [0.717, 1.165) is 38.1 Å². The van der Waals surface area contributed by atoms with E-state index in [-0.39, 0.29) is 6.61 Å². The maximum absolute atomic E-state index is 13.0. The molecule has 0 spiro atoms. The third-order valence-electron chi connectivity index (χ3n) is 5.31. The second-order valence-electron chi connectivity index (χ2n) is 7.32. The third kappa shape index (κ3) is 6.31. The number of esters is 1. The Morgan fingerprint density at radius 1 is 0.900 bits per heavy atom. The van der Waals surface area contributed by atoms with Gasteiger partial charge in [0.15, 0.2) is 0 Å². The van der Waals surface area contributed by atoms with Crippen molar-refractivity contribution in [3.8, 4) is 5.75 Å². The molecule has 2 rings (SSSR count). The first kappa shape index (κ1) is 23.9. The van der Waals surface area contributed by atoms with Crippen molar-refractivity contribution >= 4 is 5.97 Å². The highest BCUT2D eigenvalue weighted by molar-refractivity contribution is 5.85. The van der Waals surface area contributed by atoms with Crippen LogP contribution in [0.15, 0.2) is 54.6 Å². The van der Waals surface area contributed by atoms with Crippen molar-refractivity contribution in [3.63, 3.8) is 0 Å². The molecule has 1 N–H and O–H groups in total. The fourth-order valence-corrected chi connectivity index (χ4v) is 3.33. The zero-order valence-electron chi connectivity index (χ0n) is 18.5. The van der Waals surface area contributed by atoms with E-state index >= 15 is 0 Å². The average Bonchev–Trinajstić information content (AvgIpc) is 2.80. The smallest absolute Gasteiger partial charge is 0.347 e. The van der Waals surface area contributed by atoms with Gasteiger partial charge in [-0.25, -0.2) is 4.79 Å². The molecule has 2 aromatic carbocycles. The van der Waals surface area contributed by atoms with Gasteiger partial charge in [0.2, 0.25) is 5.60 Å². The third-order valence-corrected chi connectivity index (χ3v) is 5.31. The highest BCUT2D eigenvalue weighted by Gasteiger charge is 2.41. The highest BCUT2D eigenvalue weighted by Crippen LogP contribution is 2.32. The van der Waals surface area contributed by atoms with Gasteiger partial charge in [-0.2, -0.15) is 0 Å². The summed E-state index contributed by atoms with van der Waals surface area (Å²) in [6.07, 6.45) is 3.28. The molecule has 2 aromatic rings. The van der Waals surface area contributed by atoms with Crippen LogP contribution in [-0.2, 0) is 15.1 Å². The van der Waals surface area contributed by atoms with E-state index in [0.29, 0.717) is 24.3 Å². The summed E-state index contributed by atoms with van der Waals surface area (Å²) < 4.78 is 11.3. The van der Waals surface area contributed by atoms with Crippen LogP contribution in [0.25, 0.3) is 0 Å². The van der Waals surface area contributed by atoms with Gasteiger partial charge in [0, 0.05) is 6.54 Å². The number of hydrogen-bond donors (Lipinski definition) is 1. The van der Waals surface area contributed by atoms with E-state index in [9.17, 15) is 9.90 Å². The van der Waals surface area contributed by atoms with Crippen LogP contribution < -0.4 is 4.74 Å². The lowest BCUT2D eigenvalue weighted by Crippen LogP contribution is -2.40.